The normalized spacial score (nSPS) is 14.2. The van der Waals surface area contributed by atoms with Crippen LogP contribution in [-0.4, -0.2) is 15.8 Å². The van der Waals surface area contributed by atoms with E-state index in [2.05, 4.69) is 57.1 Å². The summed E-state index contributed by atoms with van der Waals surface area (Å²) in [6.45, 7) is 10.9. The molecule has 2 heterocycles. The molecule has 8 heteroatoms. The molecule has 0 radical (unpaired) electrons. The molecule has 5 rings (SSSR count). The number of amidine groups is 1. The van der Waals surface area contributed by atoms with Crippen molar-refractivity contribution < 1.29 is 8.78 Å². The molecule has 0 unspecified atom stereocenters. The maximum absolute atomic E-state index is 14.7. The van der Waals surface area contributed by atoms with E-state index in [1.807, 2.05) is 30.3 Å². The van der Waals surface area contributed by atoms with Gasteiger partial charge in [0.1, 0.15) is 11.7 Å². The highest BCUT2D eigenvalue weighted by molar-refractivity contribution is 6.08. The zero-order chi connectivity index (χ0) is 35.8. The molecule has 0 bridgehead atoms. The number of halogens is 2. The molecule has 1 saturated carbocycles. The first-order valence-corrected chi connectivity index (χ1v) is 17.8. The molecule has 1 aliphatic carbocycles. The summed E-state index contributed by atoms with van der Waals surface area (Å²) in [6, 6.07) is 22.1. The Morgan fingerprint density at radius 3 is 2.34 bits per heavy atom. The number of anilines is 3. The van der Waals surface area contributed by atoms with Gasteiger partial charge in [0.05, 0.1) is 22.9 Å². The van der Waals surface area contributed by atoms with Crippen LogP contribution in [0.5, 0.6) is 0 Å². The van der Waals surface area contributed by atoms with Crippen molar-refractivity contribution in [3.63, 3.8) is 0 Å². The molecule has 6 nitrogen and oxygen atoms in total. The van der Waals surface area contributed by atoms with E-state index in [1.54, 1.807) is 35.4 Å². The van der Waals surface area contributed by atoms with Gasteiger partial charge in [0.15, 0.2) is 0 Å². The number of aromatic nitrogens is 2. The van der Waals surface area contributed by atoms with E-state index in [0.717, 1.165) is 47.0 Å². The molecule has 2 N–H and O–H groups in total. The molecule has 4 aromatic rings. The summed E-state index contributed by atoms with van der Waals surface area (Å²) in [5.41, 5.74) is 6.21. The lowest BCUT2D eigenvalue weighted by Gasteiger charge is -2.33. The van der Waals surface area contributed by atoms with Crippen LogP contribution in [0.4, 0.5) is 26.0 Å². The van der Waals surface area contributed by atoms with E-state index in [0.29, 0.717) is 16.8 Å². The number of pyridine rings is 2. The minimum absolute atomic E-state index is 0.0654. The number of hydrogen-bond donors (Lipinski definition) is 2. The summed E-state index contributed by atoms with van der Waals surface area (Å²) < 4.78 is 28.3. The molecule has 0 spiro atoms. The summed E-state index contributed by atoms with van der Waals surface area (Å²) in [4.78, 5) is 9.78. The average Bonchev–Trinajstić information content (AvgIpc) is 3.09. The predicted octanol–water partition coefficient (Wildman–Crippen LogP) is 11.6. The second kappa shape index (κ2) is 16.2. The third-order valence-corrected chi connectivity index (χ3v) is 9.86. The van der Waals surface area contributed by atoms with Gasteiger partial charge in [-0.15, -0.1) is 0 Å². The van der Waals surface area contributed by atoms with Crippen molar-refractivity contribution in [3.05, 3.63) is 113 Å². The molecule has 0 aliphatic heterocycles. The van der Waals surface area contributed by atoms with Gasteiger partial charge in [-0.1, -0.05) is 72.1 Å². The van der Waals surface area contributed by atoms with Gasteiger partial charge in [0, 0.05) is 17.6 Å². The molecule has 1 fully saturated rings. The van der Waals surface area contributed by atoms with Crippen molar-refractivity contribution in [1.29, 1.82) is 10.7 Å². The van der Waals surface area contributed by atoms with E-state index < -0.39 is 11.9 Å². The van der Waals surface area contributed by atoms with Gasteiger partial charge in [-0.3, -0.25) is 10.3 Å². The second-order valence-corrected chi connectivity index (χ2v) is 14.4. The Balaban J connectivity index is 1.41. The lowest BCUT2D eigenvalue weighted by molar-refractivity contribution is 0.194. The predicted molar refractivity (Wildman–Crippen MR) is 200 cm³/mol. The topological polar surface area (TPSA) is 88.7 Å². The van der Waals surface area contributed by atoms with Crippen molar-refractivity contribution in [2.75, 3.05) is 10.2 Å². The lowest BCUT2D eigenvalue weighted by Crippen LogP contribution is -2.25. The number of nitriles is 1. The monoisotopic (exact) mass is 674 g/mol. The quantitative estimate of drug-likeness (QED) is 0.0887. The van der Waals surface area contributed by atoms with Crippen LogP contribution in [0.3, 0.4) is 0 Å². The minimum atomic E-state index is -0.953. The van der Waals surface area contributed by atoms with E-state index in [1.165, 1.54) is 44.6 Å². The largest absolute Gasteiger partial charge is 0.362 e. The van der Waals surface area contributed by atoms with Gasteiger partial charge in [-0.2, -0.15) is 19.0 Å². The van der Waals surface area contributed by atoms with Gasteiger partial charge in [0.2, 0.25) is 11.9 Å². The Morgan fingerprint density at radius 1 is 0.960 bits per heavy atom. The van der Waals surface area contributed by atoms with E-state index in [4.69, 9.17) is 4.98 Å². The molecule has 0 atom stereocenters. The number of aryl methyl sites for hydroxylation is 1. The first-order valence-electron chi connectivity index (χ1n) is 17.8. The minimum Gasteiger partial charge on any atom is -0.362 e. The molecule has 0 saturated heterocycles. The maximum atomic E-state index is 14.7. The third kappa shape index (κ3) is 9.01. The van der Waals surface area contributed by atoms with Crippen molar-refractivity contribution >= 4 is 23.0 Å². The number of rotatable bonds is 12. The highest BCUT2D eigenvalue weighted by Gasteiger charge is 2.26. The van der Waals surface area contributed by atoms with Crippen LogP contribution in [0, 0.1) is 34.1 Å². The van der Waals surface area contributed by atoms with Crippen LogP contribution in [0.25, 0.3) is 11.3 Å². The lowest BCUT2D eigenvalue weighted by atomic mass is 9.72. The van der Waals surface area contributed by atoms with Crippen LogP contribution in [0.1, 0.15) is 114 Å². The number of nitrogens with one attached hydrogen (secondary N) is 2. The van der Waals surface area contributed by atoms with Crippen LogP contribution in [-0.2, 0) is 6.42 Å². The maximum Gasteiger partial charge on any atom is 0.224 e. The van der Waals surface area contributed by atoms with Gasteiger partial charge < -0.3 is 5.32 Å². The zero-order valence-electron chi connectivity index (χ0n) is 29.9. The molecule has 1 aliphatic rings. The van der Waals surface area contributed by atoms with E-state index >= 15 is 0 Å². The summed E-state index contributed by atoms with van der Waals surface area (Å²) in [5.74, 6) is -0.862. The fourth-order valence-corrected chi connectivity index (χ4v) is 6.79. The van der Waals surface area contributed by atoms with Crippen molar-refractivity contribution in [1.82, 2.24) is 9.97 Å². The number of benzene rings is 2. The fourth-order valence-electron chi connectivity index (χ4n) is 6.79. The Kier molecular flexibility index (Phi) is 11.8. The number of hydrogen-bond acceptors (Lipinski definition) is 5. The SMILES string of the molecule is CC(C)c1cc(C(C)C)cc(N(C(=N)/C=C\Nc2ccc(CCCC3(C)CCCCC3)c(C#N)c2)c2cccc(-c3ccc(F)nc3F)n2)c1. The molecule has 50 heavy (non-hydrogen) atoms. The Hall–Kier alpha value is -4.90. The first kappa shape index (κ1) is 36.4. The Bertz CT molecular complexity index is 1860. The van der Waals surface area contributed by atoms with Crippen molar-refractivity contribution in [2.24, 2.45) is 5.41 Å². The van der Waals surface area contributed by atoms with Gasteiger partial charge in [-0.25, -0.2) is 4.98 Å². The standard InChI is InChI=1S/C42H48F2N6/c1-28(2)31-23-32(29(3)4)26-35(25-31)50(40-13-9-12-37(48-40)36-16-17-38(43)49-41(36)44)39(46)18-22-47-34-15-14-30(33(24-34)27-45)11-10-21-42(5)19-7-6-8-20-42/h9,12-18,22-26,28-29,46-47H,6-8,10-11,19-21H2,1-5H3/b22-18-,46-39?. The second-order valence-electron chi connectivity index (χ2n) is 14.4. The fraction of sp³-hybridized carbons (Fsp3) is 0.381. The van der Waals surface area contributed by atoms with Gasteiger partial charge in [0.25, 0.3) is 0 Å². The van der Waals surface area contributed by atoms with Gasteiger partial charge in [-0.05, 0) is 121 Å². The van der Waals surface area contributed by atoms with Crippen LogP contribution in [0.15, 0.2) is 79.0 Å². The van der Waals surface area contributed by atoms with E-state index in [-0.39, 0.29) is 28.9 Å². The molecule has 260 valence electrons. The van der Waals surface area contributed by atoms with Crippen molar-refractivity contribution in [2.45, 2.75) is 97.8 Å². The van der Waals surface area contributed by atoms with Crippen molar-refractivity contribution in [3.8, 4) is 17.3 Å². The summed E-state index contributed by atoms with van der Waals surface area (Å²) in [6.07, 6.45) is 13.0. The smallest absolute Gasteiger partial charge is 0.224 e. The van der Waals surface area contributed by atoms with E-state index in [9.17, 15) is 19.5 Å². The average molecular weight is 675 g/mol. The highest BCUT2D eigenvalue weighted by atomic mass is 19.1. The van der Waals surface area contributed by atoms with Crippen LogP contribution in [0.2, 0.25) is 0 Å². The summed E-state index contributed by atoms with van der Waals surface area (Å²) in [7, 11) is 0. The Morgan fingerprint density at radius 2 is 1.68 bits per heavy atom. The molecule has 2 aromatic heterocycles. The third-order valence-electron chi connectivity index (χ3n) is 9.86. The summed E-state index contributed by atoms with van der Waals surface area (Å²) >= 11 is 0. The molecule has 0 amide bonds. The molecule has 2 aromatic carbocycles. The number of nitrogens with zero attached hydrogens (tertiary/aromatic N) is 4. The highest BCUT2D eigenvalue weighted by Crippen LogP contribution is 2.40. The first-order chi connectivity index (χ1) is 24.0. The molecular formula is C42H48F2N6. The zero-order valence-corrected chi connectivity index (χ0v) is 29.9. The van der Waals surface area contributed by atoms with Crippen LogP contribution >= 0.6 is 0 Å². The molecular weight excluding hydrogens is 627 g/mol. The Labute approximate surface area is 295 Å². The summed E-state index contributed by atoms with van der Waals surface area (Å²) in [5, 5.41) is 22.4. The van der Waals surface area contributed by atoms with Gasteiger partial charge >= 0.3 is 0 Å². The van der Waals surface area contributed by atoms with Crippen LogP contribution < -0.4 is 10.2 Å².